The Kier molecular flexibility index (Phi) is 4.22. The lowest BCUT2D eigenvalue weighted by molar-refractivity contribution is 0.405. The predicted molar refractivity (Wildman–Crippen MR) is 74.0 cm³/mol. The van der Waals surface area contributed by atoms with Gasteiger partial charge in [0.2, 0.25) is 0 Å². The normalized spacial score (nSPS) is 26.1. The molecule has 0 bridgehead atoms. The highest BCUT2D eigenvalue weighted by Crippen LogP contribution is 2.35. The van der Waals surface area contributed by atoms with Gasteiger partial charge in [0.15, 0.2) is 0 Å². The van der Waals surface area contributed by atoms with Crippen molar-refractivity contribution in [1.29, 1.82) is 0 Å². The van der Waals surface area contributed by atoms with Gasteiger partial charge in [-0.15, -0.1) is 0 Å². The fraction of sp³-hybridized carbons (Fsp3) is 0.625. The topological polar surface area (TPSA) is 26.0 Å². The third-order valence-electron chi connectivity index (χ3n) is 4.36. The second-order valence-corrected chi connectivity index (χ2v) is 5.70. The largest absolute Gasteiger partial charge is 0.327 e. The fourth-order valence-corrected chi connectivity index (χ4v) is 3.04. The van der Waals surface area contributed by atoms with Crippen molar-refractivity contribution in [3.05, 3.63) is 35.4 Å². The van der Waals surface area contributed by atoms with Crippen LogP contribution in [-0.4, -0.2) is 6.04 Å². The molecule has 0 saturated heterocycles. The van der Waals surface area contributed by atoms with E-state index in [0.29, 0.717) is 6.04 Å². The summed E-state index contributed by atoms with van der Waals surface area (Å²) in [5.41, 5.74) is 9.09. The average Bonchev–Trinajstić information content (AvgIpc) is 2.81. The average molecular weight is 231 g/mol. The van der Waals surface area contributed by atoms with Gasteiger partial charge in [-0.05, 0) is 43.6 Å². The van der Waals surface area contributed by atoms with Crippen molar-refractivity contribution in [2.24, 2.45) is 17.6 Å². The highest BCUT2D eigenvalue weighted by Gasteiger charge is 2.27. The van der Waals surface area contributed by atoms with Gasteiger partial charge in [0.25, 0.3) is 0 Å². The lowest BCUT2D eigenvalue weighted by atomic mass is 9.91. The molecule has 1 aromatic carbocycles. The Morgan fingerprint density at radius 1 is 1.24 bits per heavy atom. The Morgan fingerprint density at radius 2 is 1.94 bits per heavy atom. The molecule has 2 N–H and O–H groups in total. The van der Waals surface area contributed by atoms with Crippen LogP contribution in [0.2, 0.25) is 0 Å². The second kappa shape index (κ2) is 5.68. The van der Waals surface area contributed by atoms with E-state index in [2.05, 4.69) is 38.1 Å². The molecule has 2 rings (SSSR count). The smallest absolute Gasteiger partial charge is 0.0108 e. The Balaban J connectivity index is 1.89. The minimum Gasteiger partial charge on any atom is -0.327 e. The summed E-state index contributed by atoms with van der Waals surface area (Å²) in [5, 5.41) is 0. The first-order valence-electron chi connectivity index (χ1n) is 7.00. The summed E-state index contributed by atoms with van der Waals surface area (Å²) >= 11 is 0. The van der Waals surface area contributed by atoms with Gasteiger partial charge < -0.3 is 5.73 Å². The summed E-state index contributed by atoms with van der Waals surface area (Å²) < 4.78 is 0. The van der Waals surface area contributed by atoms with Crippen molar-refractivity contribution in [2.45, 2.75) is 52.0 Å². The summed E-state index contributed by atoms with van der Waals surface area (Å²) in [5.74, 6) is 1.69. The van der Waals surface area contributed by atoms with Gasteiger partial charge in [-0.1, -0.05) is 49.6 Å². The van der Waals surface area contributed by atoms with E-state index >= 15 is 0 Å². The van der Waals surface area contributed by atoms with E-state index in [0.717, 1.165) is 18.3 Å². The van der Waals surface area contributed by atoms with Gasteiger partial charge in [0, 0.05) is 6.04 Å². The maximum Gasteiger partial charge on any atom is 0.0108 e. The Hall–Kier alpha value is -0.820. The number of hydrogen-bond acceptors (Lipinski definition) is 1. The number of aryl methyl sites for hydroxylation is 1. The van der Waals surface area contributed by atoms with Crippen molar-refractivity contribution in [1.82, 2.24) is 0 Å². The molecule has 3 atom stereocenters. The molecule has 3 unspecified atom stereocenters. The summed E-state index contributed by atoms with van der Waals surface area (Å²) in [6.07, 6.45) is 6.45. The molecular formula is C16H25N. The van der Waals surface area contributed by atoms with E-state index in [-0.39, 0.29) is 0 Å². The third kappa shape index (κ3) is 3.32. The van der Waals surface area contributed by atoms with E-state index in [1.165, 1.54) is 36.8 Å². The Labute approximate surface area is 105 Å². The monoisotopic (exact) mass is 231 g/mol. The second-order valence-electron chi connectivity index (χ2n) is 5.70. The zero-order chi connectivity index (χ0) is 12.3. The van der Waals surface area contributed by atoms with Crippen LogP contribution < -0.4 is 5.73 Å². The van der Waals surface area contributed by atoms with Gasteiger partial charge in [0.05, 0.1) is 0 Å². The lowest BCUT2D eigenvalue weighted by Crippen LogP contribution is -2.30. The molecule has 17 heavy (non-hydrogen) atoms. The minimum atomic E-state index is 0.356. The van der Waals surface area contributed by atoms with Crippen molar-refractivity contribution < 1.29 is 0 Å². The molecule has 0 radical (unpaired) electrons. The molecule has 0 heterocycles. The SMILES string of the molecule is CCC1CCC(C(N)Cc2ccc(C)cc2)C1. The first-order chi connectivity index (χ1) is 8.19. The maximum atomic E-state index is 6.37. The quantitative estimate of drug-likeness (QED) is 0.840. The van der Waals surface area contributed by atoms with Crippen LogP contribution in [0.15, 0.2) is 24.3 Å². The summed E-state index contributed by atoms with van der Waals surface area (Å²) in [6.45, 7) is 4.44. The number of benzene rings is 1. The highest BCUT2D eigenvalue weighted by molar-refractivity contribution is 5.22. The van der Waals surface area contributed by atoms with E-state index in [1.54, 1.807) is 0 Å². The molecule has 1 nitrogen and oxygen atoms in total. The highest BCUT2D eigenvalue weighted by atomic mass is 14.7. The molecule has 0 spiro atoms. The number of nitrogens with two attached hydrogens (primary N) is 1. The van der Waals surface area contributed by atoms with Crippen molar-refractivity contribution >= 4 is 0 Å². The van der Waals surface area contributed by atoms with Crippen LogP contribution in [0.25, 0.3) is 0 Å². The summed E-state index contributed by atoms with van der Waals surface area (Å²) in [7, 11) is 0. The molecule has 1 fully saturated rings. The molecule has 1 saturated carbocycles. The maximum absolute atomic E-state index is 6.37. The molecule has 1 aliphatic carbocycles. The molecule has 0 amide bonds. The van der Waals surface area contributed by atoms with E-state index in [9.17, 15) is 0 Å². The first-order valence-corrected chi connectivity index (χ1v) is 7.00. The van der Waals surface area contributed by atoms with Crippen LogP contribution in [0.5, 0.6) is 0 Å². The van der Waals surface area contributed by atoms with Crippen LogP contribution in [0.3, 0.4) is 0 Å². The van der Waals surface area contributed by atoms with E-state index in [4.69, 9.17) is 5.73 Å². The zero-order valence-electron chi connectivity index (χ0n) is 11.2. The van der Waals surface area contributed by atoms with Crippen molar-refractivity contribution in [3.8, 4) is 0 Å². The van der Waals surface area contributed by atoms with Gasteiger partial charge in [-0.2, -0.15) is 0 Å². The van der Waals surface area contributed by atoms with Crippen LogP contribution in [0.1, 0.15) is 43.7 Å². The fourth-order valence-electron chi connectivity index (χ4n) is 3.04. The molecule has 1 aliphatic rings. The minimum absolute atomic E-state index is 0.356. The van der Waals surface area contributed by atoms with Gasteiger partial charge in [-0.3, -0.25) is 0 Å². The lowest BCUT2D eigenvalue weighted by Gasteiger charge is -2.19. The van der Waals surface area contributed by atoms with Crippen LogP contribution in [0, 0.1) is 18.8 Å². The molecule has 1 aromatic rings. The van der Waals surface area contributed by atoms with Crippen LogP contribution in [-0.2, 0) is 6.42 Å². The predicted octanol–water partition coefficient (Wildman–Crippen LogP) is 3.69. The van der Waals surface area contributed by atoms with Crippen molar-refractivity contribution in [3.63, 3.8) is 0 Å². The zero-order valence-corrected chi connectivity index (χ0v) is 11.2. The Morgan fingerprint density at radius 3 is 2.53 bits per heavy atom. The molecule has 1 heteroatoms. The number of hydrogen-bond donors (Lipinski definition) is 1. The molecule has 0 aromatic heterocycles. The standard InChI is InChI=1S/C16H25N/c1-3-13-8-9-15(10-13)16(17)11-14-6-4-12(2)5-7-14/h4-7,13,15-16H,3,8-11,17H2,1-2H3. The summed E-state index contributed by atoms with van der Waals surface area (Å²) in [4.78, 5) is 0. The van der Waals surface area contributed by atoms with Crippen LogP contribution in [0.4, 0.5) is 0 Å². The number of rotatable bonds is 4. The molecule has 94 valence electrons. The molecular weight excluding hydrogens is 206 g/mol. The third-order valence-corrected chi connectivity index (χ3v) is 4.36. The van der Waals surface area contributed by atoms with Gasteiger partial charge in [-0.25, -0.2) is 0 Å². The van der Waals surface area contributed by atoms with E-state index < -0.39 is 0 Å². The summed E-state index contributed by atoms with van der Waals surface area (Å²) in [6, 6.07) is 9.18. The van der Waals surface area contributed by atoms with Gasteiger partial charge >= 0.3 is 0 Å². The Bertz CT molecular complexity index is 341. The van der Waals surface area contributed by atoms with Crippen LogP contribution >= 0.6 is 0 Å². The van der Waals surface area contributed by atoms with Gasteiger partial charge in [0.1, 0.15) is 0 Å². The first kappa shape index (κ1) is 12.6. The van der Waals surface area contributed by atoms with Crippen molar-refractivity contribution in [2.75, 3.05) is 0 Å². The molecule has 0 aliphatic heterocycles. The van der Waals surface area contributed by atoms with E-state index in [1.807, 2.05) is 0 Å².